The highest BCUT2D eigenvalue weighted by molar-refractivity contribution is 6.10. The third-order valence-corrected chi connectivity index (χ3v) is 4.81. The van der Waals surface area contributed by atoms with E-state index in [2.05, 4.69) is 25.6 Å². The van der Waals surface area contributed by atoms with Crippen LogP contribution in [0.4, 0.5) is 14.5 Å². The van der Waals surface area contributed by atoms with Crippen molar-refractivity contribution in [2.75, 3.05) is 5.32 Å². The SMILES string of the molecule is Cn1ncnc1C1=C2N=NC(=O)c3cc(F)cc(c32)NC1c1ccc(F)cc1. The number of aromatic nitrogens is 3. The molecule has 7 nitrogen and oxygen atoms in total. The lowest BCUT2D eigenvalue weighted by Crippen LogP contribution is -2.24. The van der Waals surface area contributed by atoms with Gasteiger partial charge in [-0.2, -0.15) is 5.10 Å². The van der Waals surface area contributed by atoms with Gasteiger partial charge in [0.2, 0.25) is 0 Å². The average Bonchev–Trinajstić information content (AvgIpc) is 3.10. The molecule has 0 fully saturated rings. The number of aryl methyl sites for hydroxylation is 1. The van der Waals surface area contributed by atoms with Gasteiger partial charge in [-0.05, 0) is 29.8 Å². The van der Waals surface area contributed by atoms with Gasteiger partial charge in [-0.3, -0.25) is 4.79 Å². The van der Waals surface area contributed by atoms with Gasteiger partial charge in [0.15, 0.2) is 5.82 Å². The molecule has 2 aliphatic heterocycles. The van der Waals surface area contributed by atoms with Crippen LogP contribution in [-0.4, -0.2) is 20.7 Å². The minimum Gasteiger partial charge on any atom is -0.373 e. The molecular weight excluding hydrogens is 366 g/mol. The predicted molar refractivity (Wildman–Crippen MR) is 96.2 cm³/mol. The van der Waals surface area contributed by atoms with Crippen molar-refractivity contribution in [1.82, 2.24) is 14.8 Å². The second kappa shape index (κ2) is 5.88. The summed E-state index contributed by atoms with van der Waals surface area (Å²) in [6.45, 7) is 0. The molecule has 1 N–H and O–H groups in total. The number of carbonyl (C=O) groups excluding carboxylic acids is 1. The first kappa shape index (κ1) is 16.4. The second-order valence-corrected chi connectivity index (χ2v) is 6.48. The molecular formula is C19H12F2N6O. The second-order valence-electron chi connectivity index (χ2n) is 6.48. The molecule has 2 aromatic carbocycles. The molecule has 1 amide bonds. The monoisotopic (exact) mass is 378 g/mol. The molecule has 0 radical (unpaired) electrons. The lowest BCUT2D eigenvalue weighted by molar-refractivity contribution is 0.0992. The van der Waals surface area contributed by atoms with Crippen molar-refractivity contribution in [3.63, 3.8) is 0 Å². The number of hydrogen-bond donors (Lipinski definition) is 1. The van der Waals surface area contributed by atoms with Crippen LogP contribution in [-0.2, 0) is 7.05 Å². The Morgan fingerprint density at radius 1 is 1.07 bits per heavy atom. The number of amides is 1. The minimum atomic E-state index is -0.612. The van der Waals surface area contributed by atoms with E-state index in [1.807, 2.05) is 0 Å². The van der Waals surface area contributed by atoms with Gasteiger partial charge < -0.3 is 5.32 Å². The van der Waals surface area contributed by atoms with Gasteiger partial charge in [-0.25, -0.2) is 18.4 Å². The summed E-state index contributed by atoms with van der Waals surface area (Å²) in [6, 6.07) is 7.86. The first-order chi connectivity index (χ1) is 13.5. The Balaban J connectivity index is 1.84. The maximum Gasteiger partial charge on any atom is 0.296 e. The van der Waals surface area contributed by atoms with Crippen LogP contribution in [0.25, 0.3) is 11.3 Å². The van der Waals surface area contributed by atoms with Crippen molar-refractivity contribution in [3.8, 4) is 0 Å². The summed E-state index contributed by atoms with van der Waals surface area (Å²) >= 11 is 0. The minimum absolute atomic E-state index is 0.129. The van der Waals surface area contributed by atoms with E-state index in [1.165, 1.54) is 24.5 Å². The van der Waals surface area contributed by atoms with E-state index >= 15 is 0 Å². The number of carbonyl (C=O) groups is 1. The lowest BCUT2D eigenvalue weighted by atomic mass is 9.86. The van der Waals surface area contributed by atoms with Gasteiger partial charge in [0.1, 0.15) is 23.7 Å². The third kappa shape index (κ3) is 2.36. The Kier molecular flexibility index (Phi) is 3.45. The Labute approximate surface area is 157 Å². The maximum absolute atomic E-state index is 14.1. The molecule has 3 aromatic rings. The van der Waals surface area contributed by atoms with E-state index in [9.17, 15) is 13.6 Å². The summed E-state index contributed by atoms with van der Waals surface area (Å²) < 4.78 is 29.1. The van der Waals surface area contributed by atoms with Crippen LogP contribution in [0.2, 0.25) is 0 Å². The number of benzene rings is 2. The Morgan fingerprint density at radius 2 is 1.86 bits per heavy atom. The fourth-order valence-electron chi connectivity index (χ4n) is 3.58. The van der Waals surface area contributed by atoms with Crippen molar-refractivity contribution in [3.05, 3.63) is 76.9 Å². The molecule has 1 unspecified atom stereocenters. The zero-order valence-electron chi connectivity index (χ0n) is 14.5. The van der Waals surface area contributed by atoms with Crippen LogP contribution in [0.3, 0.4) is 0 Å². The summed E-state index contributed by atoms with van der Waals surface area (Å²) in [7, 11) is 1.73. The highest BCUT2D eigenvalue weighted by Crippen LogP contribution is 2.48. The van der Waals surface area contributed by atoms with Crippen molar-refractivity contribution in [1.29, 1.82) is 0 Å². The third-order valence-electron chi connectivity index (χ3n) is 4.81. The average molecular weight is 378 g/mol. The van der Waals surface area contributed by atoms with Crippen molar-refractivity contribution in [2.45, 2.75) is 6.04 Å². The van der Waals surface area contributed by atoms with Crippen LogP contribution in [0.5, 0.6) is 0 Å². The quantitative estimate of drug-likeness (QED) is 0.736. The number of halogens is 2. The van der Waals surface area contributed by atoms with E-state index in [1.54, 1.807) is 23.9 Å². The molecule has 0 saturated carbocycles. The van der Waals surface area contributed by atoms with Gasteiger partial charge in [-0.15, -0.1) is 10.2 Å². The van der Waals surface area contributed by atoms with Crippen molar-refractivity contribution < 1.29 is 13.6 Å². The number of hydrogen-bond acceptors (Lipinski definition) is 5. The topological polar surface area (TPSA) is 84.5 Å². The number of anilines is 1. The Hall–Kier alpha value is -3.75. The predicted octanol–water partition coefficient (Wildman–Crippen LogP) is 3.73. The number of nitrogens with zero attached hydrogens (tertiary/aromatic N) is 5. The van der Waals surface area contributed by atoms with Gasteiger partial charge in [0.25, 0.3) is 5.91 Å². The molecule has 0 saturated heterocycles. The van der Waals surface area contributed by atoms with Crippen molar-refractivity contribution in [2.24, 2.45) is 17.3 Å². The highest BCUT2D eigenvalue weighted by atomic mass is 19.1. The van der Waals surface area contributed by atoms with Crippen LogP contribution in [0, 0.1) is 11.6 Å². The van der Waals surface area contributed by atoms with Gasteiger partial charge >= 0.3 is 0 Å². The smallest absolute Gasteiger partial charge is 0.296 e. The summed E-state index contributed by atoms with van der Waals surface area (Å²) in [5.41, 5.74) is 2.76. The van der Waals surface area contributed by atoms with Crippen LogP contribution in [0.15, 0.2) is 53.0 Å². The number of azo groups is 1. The van der Waals surface area contributed by atoms with Gasteiger partial charge in [0.05, 0.1) is 17.2 Å². The summed E-state index contributed by atoms with van der Waals surface area (Å²) in [6.07, 6.45) is 1.40. The first-order valence-electron chi connectivity index (χ1n) is 8.43. The standard InChI is InChI=1S/C19H12F2N6O/c1-27-18(22-8-23-27)15-16(9-2-4-10(20)5-3-9)24-13-7-11(21)6-12-14(13)17(15)25-26-19(12)28/h2-8,16,24H,1H3. The molecule has 0 aliphatic carbocycles. The van der Waals surface area contributed by atoms with Crippen LogP contribution < -0.4 is 5.32 Å². The zero-order valence-corrected chi connectivity index (χ0v) is 14.5. The van der Waals surface area contributed by atoms with E-state index in [0.717, 1.165) is 11.6 Å². The molecule has 1 aromatic heterocycles. The number of nitrogens with one attached hydrogen (secondary N) is 1. The molecule has 2 aliphatic rings. The van der Waals surface area contributed by atoms with Crippen molar-refractivity contribution >= 4 is 22.9 Å². The Morgan fingerprint density at radius 3 is 2.57 bits per heavy atom. The molecule has 28 heavy (non-hydrogen) atoms. The number of rotatable bonds is 2. The van der Waals surface area contributed by atoms with Gasteiger partial charge in [0, 0.05) is 18.3 Å². The highest BCUT2D eigenvalue weighted by Gasteiger charge is 2.36. The first-order valence-corrected chi connectivity index (χ1v) is 8.43. The van der Waals surface area contributed by atoms with Crippen LogP contribution in [0.1, 0.15) is 33.4 Å². The van der Waals surface area contributed by atoms with Crippen LogP contribution >= 0.6 is 0 Å². The van der Waals surface area contributed by atoms with E-state index in [4.69, 9.17) is 0 Å². The molecule has 3 heterocycles. The van der Waals surface area contributed by atoms with Gasteiger partial charge in [-0.1, -0.05) is 12.1 Å². The fourth-order valence-corrected chi connectivity index (χ4v) is 3.58. The van der Waals surface area contributed by atoms with E-state index in [-0.39, 0.29) is 11.4 Å². The molecule has 5 rings (SSSR count). The molecule has 0 spiro atoms. The Bertz CT molecular complexity index is 1200. The van der Waals surface area contributed by atoms with E-state index < -0.39 is 17.8 Å². The molecule has 0 bridgehead atoms. The summed E-state index contributed by atoms with van der Waals surface area (Å²) in [5, 5.41) is 15.2. The summed E-state index contributed by atoms with van der Waals surface area (Å²) in [4.78, 5) is 16.5. The normalized spacial score (nSPS) is 17.5. The molecule has 138 valence electrons. The molecule has 1 atom stereocenters. The summed E-state index contributed by atoms with van der Waals surface area (Å²) in [5.74, 6) is -1.04. The lowest BCUT2D eigenvalue weighted by Gasteiger charge is -2.32. The fraction of sp³-hybridized carbons (Fsp3) is 0.105. The maximum atomic E-state index is 14.1. The molecule has 9 heteroatoms. The van der Waals surface area contributed by atoms with E-state index in [0.29, 0.717) is 28.3 Å². The zero-order chi connectivity index (χ0) is 19.4. The largest absolute Gasteiger partial charge is 0.373 e.